The third-order valence-electron chi connectivity index (χ3n) is 7.43. The topological polar surface area (TPSA) is 49.9 Å². The third kappa shape index (κ3) is 5.39. The van der Waals surface area contributed by atoms with E-state index < -0.39 is 12.9 Å². The van der Waals surface area contributed by atoms with Crippen LogP contribution in [0, 0.1) is 0 Å². The van der Waals surface area contributed by atoms with E-state index in [2.05, 4.69) is 77.7 Å². The summed E-state index contributed by atoms with van der Waals surface area (Å²) >= 11 is 0. The van der Waals surface area contributed by atoms with Gasteiger partial charge in [0.05, 0.1) is 6.04 Å². The van der Waals surface area contributed by atoms with E-state index in [0.29, 0.717) is 19.6 Å². The predicted molar refractivity (Wildman–Crippen MR) is 151 cm³/mol. The van der Waals surface area contributed by atoms with Crippen molar-refractivity contribution in [2.45, 2.75) is 50.9 Å². The van der Waals surface area contributed by atoms with Crippen molar-refractivity contribution < 1.29 is 31.3 Å². The zero-order valence-electron chi connectivity index (χ0n) is 22.3. The van der Waals surface area contributed by atoms with Crippen LogP contribution in [0.15, 0.2) is 91.0 Å². The van der Waals surface area contributed by atoms with Gasteiger partial charge in [0.15, 0.2) is 5.66 Å². The van der Waals surface area contributed by atoms with Crippen LogP contribution >= 0.6 is 7.26 Å². The first kappa shape index (κ1) is 28.3. The number of ether oxygens (including phenoxy) is 1. The molecule has 0 spiro atoms. The maximum Gasteiger partial charge on any atom is 0.410 e. The van der Waals surface area contributed by atoms with E-state index in [4.69, 9.17) is 4.74 Å². The molecule has 2 aliphatic rings. The number of amides is 2. The molecule has 5 rings (SSSR count). The molecule has 2 atom stereocenters. The van der Waals surface area contributed by atoms with Crippen molar-refractivity contribution in [2.75, 3.05) is 19.6 Å². The summed E-state index contributed by atoms with van der Waals surface area (Å²) in [5.41, 5.74) is -0.676. The fraction of sp³-hybridized carbons (Fsp3) is 0.355. The van der Waals surface area contributed by atoms with Gasteiger partial charge in [-0.1, -0.05) is 54.6 Å². The van der Waals surface area contributed by atoms with Crippen molar-refractivity contribution in [3.63, 3.8) is 0 Å². The molecule has 2 saturated heterocycles. The van der Waals surface area contributed by atoms with Crippen LogP contribution in [0.25, 0.3) is 0 Å². The number of likely N-dealkylation sites (tertiary alicyclic amines) is 2. The quantitative estimate of drug-likeness (QED) is 0.422. The molecule has 200 valence electrons. The largest absolute Gasteiger partial charge is 1.00 e. The second kappa shape index (κ2) is 11.6. The summed E-state index contributed by atoms with van der Waals surface area (Å²) in [6.07, 6.45) is 1.29. The summed E-state index contributed by atoms with van der Waals surface area (Å²) in [5.74, 6) is 0.209. The van der Waals surface area contributed by atoms with E-state index in [-0.39, 0.29) is 40.7 Å². The Balaban J connectivity index is 0.00000336. The summed E-state index contributed by atoms with van der Waals surface area (Å²) in [6.45, 7) is 7.50. The van der Waals surface area contributed by atoms with E-state index >= 15 is 0 Å². The van der Waals surface area contributed by atoms with E-state index in [0.717, 1.165) is 12.8 Å². The van der Waals surface area contributed by atoms with Crippen LogP contribution < -0.4 is 32.9 Å². The van der Waals surface area contributed by atoms with E-state index in [1.807, 2.05) is 39.0 Å². The van der Waals surface area contributed by atoms with Crippen LogP contribution in [0.1, 0.15) is 33.6 Å². The highest BCUT2D eigenvalue weighted by Crippen LogP contribution is 2.62. The van der Waals surface area contributed by atoms with Crippen LogP contribution in [0.2, 0.25) is 0 Å². The maximum absolute atomic E-state index is 14.4. The first-order valence-corrected chi connectivity index (χ1v) is 15.0. The number of carbonyl (C=O) groups excluding carboxylic acids is 2. The van der Waals surface area contributed by atoms with Crippen LogP contribution in [-0.4, -0.2) is 58.7 Å². The fourth-order valence-corrected chi connectivity index (χ4v) is 10.8. The molecule has 2 heterocycles. The minimum atomic E-state index is -2.29. The first-order chi connectivity index (χ1) is 17.8. The molecule has 2 amide bonds. The van der Waals surface area contributed by atoms with Gasteiger partial charge < -0.3 is 31.5 Å². The van der Waals surface area contributed by atoms with Crippen molar-refractivity contribution in [3.05, 3.63) is 91.0 Å². The minimum absolute atomic E-state index is 0. The molecule has 5 nitrogen and oxygen atoms in total. The van der Waals surface area contributed by atoms with Gasteiger partial charge in [0.2, 0.25) is 0 Å². The zero-order chi connectivity index (χ0) is 26.0. The molecule has 3 aromatic carbocycles. The number of carbonyl (C=O) groups is 2. The van der Waals surface area contributed by atoms with Gasteiger partial charge >= 0.3 is 6.09 Å². The Labute approximate surface area is 237 Å². The molecule has 0 bridgehead atoms. The van der Waals surface area contributed by atoms with Gasteiger partial charge in [-0.05, 0) is 63.6 Å². The molecule has 1 unspecified atom stereocenters. The van der Waals surface area contributed by atoms with Crippen LogP contribution in [0.4, 0.5) is 4.79 Å². The van der Waals surface area contributed by atoms with E-state index in [1.54, 1.807) is 4.90 Å². The van der Waals surface area contributed by atoms with Gasteiger partial charge in [-0.15, -0.1) is 0 Å². The van der Waals surface area contributed by atoms with Crippen LogP contribution in [0.5, 0.6) is 0 Å². The Kier molecular flexibility index (Phi) is 8.64. The van der Waals surface area contributed by atoms with Gasteiger partial charge in [-0.2, -0.15) is 0 Å². The van der Waals surface area contributed by atoms with Gasteiger partial charge in [0.1, 0.15) is 28.8 Å². The molecule has 0 aromatic heterocycles. The zero-order valence-corrected chi connectivity index (χ0v) is 24.8. The highest BCUT2D eigenvalue weighted by Gasteiger charge is 2.59. The van der Waals surface area contributed by atoms with Crippen molar-refractivity contribution in [2.24, 2.45) is 0 Å². The maximum atomic E-state index is 14.4. The molecule has 0 aliphatic carbocycles. The number of nitrogens with zero attached hydrogens (tertiary/aromatic N) is 2. The Morgan fingerprint density at radius 1 is 0.789 bits per heavy atom. The van der Waals surface area contributed by atoms with Crippen LogP contribution in [0.3, 0.4) is 0 Å². The predicted octanol–water partition coefficient (Wildman–Crippen LogP) is 1.59. The number of halogens is 1. The van der Waals surface area contributed by atoms with Crippen molar-refractivity contribution in [1.29, 1.82) is 0 Å². The summed E-state index contributed by atoms with van der Waals surface area (Å²) in [5, 5.41) is 3.69. The molecule has 2 fully saturated rings. The molecule has 0 N–H and O–H groups in total. The molecule has 3 aromatic rings. The van der Waals surface area contributed by atoms with Gasteiger partial charge in [-0.25, -0.2) is 4.79 Å². The molecular weight excluding hydrogens is 559 g/mol. The number of hydrogen-bond donors (Lipinski definition) is 0. The average molecular weight is 596 g/mol. The molecule has 7 heteroatoms. The highest BCUT2D eigenvalue weighted by molar-refractivity contribution is 7.96. The average Bonchev–Trinajstić information content (AvgIpc) is 3.53. The summed E-state index contributed by atoms with van der Waals surface area (Å²) in [6, 6.07) is 31.9. The standard InChI is InChI=1S/C31H36N2O3P.BrH/c1-31(2,3)36-30(35)32-21-19-24(23-32)33-22-20-28(29(33)34)37(25-13-7-4-8-14-25,26-15-9-5-10-16-26)27-17-11-6-12-18-27;/h4-18,24,28H,19-23H2,1-3H3;1H/q+1;/p-1/t24-,28?;/m1./s1. The van der Waals surface area contributed by atoms with Gasteiger partial charge in [0.25, 0.3) is 5.91 Å². The highest BCUT2D eigenvalue weighted by atomic mass is 79.9. The Morgan fingerprint density at radius 2 is 1.26 bits per heavy atom. The summed E-state index contributed by atoms with van der Waals surface area (Å²) in [7, 11) is -2.29. The van der Waals surface area contributed by atoms with Crippen LogP contribution in [-0.2, 0) is 9.53 Å². The van der Waals surface area contributed by atoms with Crippen molar-refractivity contribution in [3.8, 4) is 0 Å². The van der Waals surface area contributed by atoms with Gasteiger partial charge in [-0.3, -0.25) is 4.79 Å². The fourth-order valence-electron chi connectivity index (χ4n) is 5.87. The molecule has 38 heavy (non-hydrogen) atoms. The Bertz CT molecular complexity index is 1140. The van der Waals surface area contributed by atoms with Gasteiger partial charge in [0, 0.05) is 26.1 Å². The Hall–Kier alpha value is -2.69. The van der Waals surface area contributed by atoms with E-state index in [1.165, 1.54) is 15.9 Å². The smallest absolute Gasteiger partial charge is 0.410 e. The lowest BCUT2D eigenvalue weighted by Crippen LogP contribution is -3.00. The summed E-state index contributed by atoms with van der Waals surface area (Å²) in [4.78, 5) is 30.9. The monoisotopic (exact) mass is 594 g/mol. The Morgan fingerprint density at radius 3 is 1.71 bits per heavy atom. The lowest BCUT2D eigenvalue weighted by molar-refractivity contribution is -0.129. The number of benzene rings is 3. The molecule has 0 saturated carbocycles. The lowest BCUT2D eigenvalue weighted by atomic mass is 10.2. The molecule has 0 radical (unpaired) electrons. The number of hydrogen-bond acceptors (Lipinski definition) is 3. The first-order valence-electron chi connectivity index (χ1n) is 13.1. The minimum Gasteiger partial charge on any atom is -1.00 e. The summed E-state index contributed by atoms with van der Waals surface area (Å²) < 4.78 is 5.60. The second-order valence-corrected chi connectivity index (χ2v) is 14.6. The van der Waals surface area contributed by atoms with E-state index in [9.17, 15) is 9.59 Å². The molecule has 2 aliphatic heterocycles. The number of rotatable bonds is 5. The third-order valence-corrected chi connectivity index (χ3v) is 12.2. The van der Waals surface area contributed by atoms with Crippen molar-refractivity contribution >= 4 is 35.2 Å². The SMILES string of the molecule is CC(C)(C)OC(=O)N1CC[C@@H](N2CCC([P+](c3ccccc3)(c3ccccc3)c3ccccc3)C2=O)C1.[Br-]. The van der Waals surface area contributed by atoms with Crippen molar-refractivity contribution in [1.82, 2.24) is 9.80 Å². The normalized spacial score (nSPS) is 19.8. The lowest BCUT2D eigenvalue weighted by Gasteiger charge is -2.32. The molecular formula is C31H36BrN2O3P. The second-order valence-electron chi connectivity index (χ2n) is 10.9.